The lowest BCUT2D eigenvalue weighted by molar-refractivity contribution is -0.0431. The molecule has 0 saturated carbocycles. The molecule has 86 valence electrons. The fourth-order valence-electron chi connectivity index (χ4n) is 1.64. The van der Waals surface area contributed by atoms with Crippen LogP contribution in [0.5, 0.6) is 0 Å². The molecule has 4 nitrogen and oxygen atoms in total. The molecule has 1 unspecified atom stereocenters. The maximum Gasteiger partial charge on any atom is 0.127 e. The number of rotatable bonds is 5. The van der Waals surface area contributed by atoms with Crippen molar-refractivity contribution in [2.45, 2.75) is 38.3 Å². The molecule has 1 aliphatic rings. The predicted molar refractivity (Wildman–Crippen MR) is 57.5 cm³/mol. The third-order valence-corrected chi connectivity index (χ3v) is 2.59. The lowest BCUT2D eigenvalue weighted by Gasteiger charge is -2.28. The summed E-state index contributed by atoms with van der Waals surface area (Å²) >= 11 is 0. The first kappa shape index (κ1) is 12.4. The van der Waals surface area contributed by atoms with Crippen molar-refractivity contribution in [2.24, 2.45) is 0 Å². The Morgan fingerprint density at radius 2 is 2.20 bits per heavy atom. The molecular weight excluding hydrogens is 192 g/mol. The molecule has 0 aromatic carbocycles. The molecule has 0 aliphatic carbocycles. The number of likely N-dealkylation sites (N-methyl/N-ethyl adjacent to an activating group) is 1. The summed E-state index contributed by atoms with van der Waals surface area (Å²) in [6.45, 7) is 6.63. The van der Waals surface area contributed by atoms with Gasteiger partial charge in [0.2, 0.25) is 0 Å². The van der Waals surface area contributed by atoms with Crippen LogP contribution in [0.3, 0.4) is 0 Å². The van der Waals surface area contributed by atoms with E-state index >= 15 is 0 Å². The first-order chi connectivity index (χ1) is 7.20. The molecule has 4 heteroatoms. The van der Waals surface area contributed by atoms with Gasteiger partial charge >= 0.3 is 0 Å². The van der Waals surface area contributed by atoms with Gasteiger partial charge in [0.25, 0.3) is 0 Å². The Hall–Kier alpha value is -0.630. The van der Waals surface area contributed by atoms with Crippen LogP contribution in [0.1, 0.15) is 26.7 Å². The highest BCUT2D eigenvalue weighted by Gasteiger charge is 2.25. The van der Waals surface area contributed by atoms with Gasteiger partial charge in [-0.25, -0.2) is 0 Å². The van der Waals surface area contributed by atoms with Crippen LogP contribution in [0.2, 0.25) is 0 Å². The van der Waals surface area contributed by atoms with Crippen LogP contribution < -0.4 is 5.32 Å². The topological polar surface area (TPSA) is 54.3 Å². The summed E-state index contributed by atoms with van der Waals surface area (Å²) in [5.41, 5.74) is -0.562. The Balaban J connectivity index is 2.30. The molecule has 1 N–H and O–H groups in total. The molecule has 1 aliphatic heterocycles. The van der Waals surface area contributed by atoms with Crippen LogP contribution in [0, 0.1) is 11.3 Å². The Kier molecular flexibility index (Phi) is 5.03. The third-order valence-electron chi connectivity index (χ3n) is 2.59. The van der Waals surface area contributed by atoms with Crippen LogP contribution in [0.4, 0.5) is 0 Å². The van der Waals surface area contributed by atoms with Gasteiger partial charge in [0.05, 0.1) is 18.8 Å². The van der Waals surface area contributed by atoms with Crippen molar-refractivity contribution >= 4 is 0 Å². The highest BCUT2D eigenvalue weighted by Crippen LogP contribution is 2.13. The molecular formula is C11H20N2O2. The van der Waals surface area contributed by atoms with E-state index in [9.17, 15) is 0 Å². The Morgan fingerprint density at radius 3 is 2.73 bits per heavy atom. The number of nitrogens with one attached hydrogen (secondary N) is 1. The molecule has 1 rings (SSSR count). The largest absolute Gasteiger partial charge is 0.381 e. The van der Waals surface area contributed by atoms with Gasteiger partial charge in [-0.1, -0.05) is 6.92 Å². The SMILES string of the molecule is CCNC(C)(C#N)COC1CCOCC1. The zero-order chi connectivity index (χ0) is 11.1. The number of nitrogens with zero attached hydrogens (tertiary/aromatic N) is 1. The lowest BCUT2D eigenvalue weighted by Crippen LogP contribution is -2.46. The van der Waals surface area contributed by atoms with Crippen molar-refractivity contribution in [3.63, 3.8) is 0 Å². The molecule has 0 radical (unpaired) electrons. The molecule has 0 bridgehead atoms. The Morgan fingerprint density at radius 1 is 1.53 bits per heavy atom. The summed E-state index contributed by atoms with van der Waals surface area (Å²) in [5, 5.41) is 12.2. The van der Waals surface area contributed by atoms with Gasteiger partial charge in [-0.2, -0.15) is 5.26 Å². The maximum absolute atomic E-state index is 9.03. The van der Waals surface area contributed by atoms with Crippen molar-refractivity contribution in [3.8, 4) is 6.07 Å². The van der Waals surface area contributed by atoms with Gasteiger partial charge in [0, 0.05) is 13.2 Å². The molecule has 0 aromatic heterocycles. The van der Waals surface area contributed by atoms with Crippen molar-refractivity contribution in [1.82, 2.24) is 5.32 Å². The first-order valence-corrected chi connectivity index (χ1v) is 5.56. The summed E-state index contributed by atoms with van der Waals surface area (Å²) in [7, 11) is 0. The molecule has 0 aromatic rings. The van der Waals surface area contributed by atoms with E-state index < -0.39 is 5.54 Å². The average molecular weight is 212 g/mol. The second-order valence-electron chi connectivity index (χ2n) is 4.10. The van der Waals surface area contributed by atoms with E-state index in [2.05, 4.69) is 11.4 Å². The van der Waals surface area contributed by atoms with Crippen molar-refractivity contribution in [3.05, 3.63) is 0 Å². The molecule has 0 amide bonds. The highest BCUT2D eigenvalue weighted by molar-refractivity contribution is 5.03. The van der Waals surface area contributed by atoms with E-state index in [0.29, 0.717) is 6.61 Å². The molecule has 1 saturated heterocycles. The minimum atomic E-state index is -0.562. The van der Waals surface area contributed by atoms with Crippen molar-refractivity contribution in [2.75, 3.05) is 26.4 Å². The summed E-state index contributed by atoms with van der Waals surface area (Å²) in [5.74, 6) is 0. The number of nitriles is 1. The zero-order valence-corrected chi connectivity index (χ0v) is 9.58. The first-order valence-electron chi connectivity index (χ1n) is 5.56. The van der Waals surface area contributed by atoms with Crippen LogP contribution in [-0.2, 0) is 9.47 Å². The van der Waals surface area contributed by atoms with Crippen LogP contribution in [0.15, 0.2) is 0 Å². The van der Waals surface area contributed by atoms with E-state index in [1.165, 1.54) is 0 Å². The monoisotopic (exact) mass is 212 g/mol. The van der Waals surface area contributed by atoms with E-state index in [0.717, 1.165) is 32.6 Å². The zero-order valence-electron chi connectivity index (χ0n) is 9.58. The van der Waals surface area contributed by atoms with Gasteiger partial charge < -0.3 is 9.47 Å². The fraction of sp³-hybridized carbons (Fsp3) is 0.909. The second kappa shape index (κ2) is 6.06. The molecule has 0 spiro atoms. The summed E-state index contributed by atoms with van der Waals surface area (Å²) in [4.78, 5) is 0. The minimum absolute atomic E-state index is 0.255. The highest BCUT2D eigenvalue weighted by atomic mass is 16.5. The second-order valence-corrected chi connectivity index (χ2v) is 4.10. The number of ether oxygens (including phenoxy) is 2. The average Bonchev–Trinajstić information content (AvgIpc) is 2.28. The van der Waals surface area contributed by atoms with Gasteiger partial charge in [0.15, 0.2) is 0 Å². The van der Waals surface area contributed by atoms with Crippen LogP contribution >= 0.6 is 0 Å². The van der Waals surface area contributed by atoms with Crippen LogP contribution in [-0.4, -0.2) is 38.0 Å². The van der Waals surface area contributed by atoms with Crippen LogP contribution in [0.25, 0.3) is 0 Å². The summed E-state index contributed by atoms with van der Waals surface area (Å²) in [6, 6.07) is 2.25. The standard InChI is InChI=1S/C11H20N2O2/c1-3-13-11(2,8-12)9-15-10-4-6-14-7-5-10/h10,13H,3-7,9H2,1-2H3. The third kappa shape index (κ3) is 4.17. The molecule has 15 heavy (non-hydrogen) atoms. The van der Waals surface area contributed by atoms with Crippen molar-refractivity contribution < 1.29 is 9.47 Å². The van der Waals surface area contributed by atoms with Gasteiger partial charge in [-0.3, -0.25) is 5.32 Å². The Bertz CT molecular complexity index is 221. The van der Waals surface area contributed by atoms with E-state index in [1.807, 2.05) is 13.8 Å². The Labute approximate surface area is 91.6 Å². The van der Waals surface area contributed by atoms with Gasteiger partial charge in [-0.15, -0.1) is 0 Å². The summed E-state index contributed by atoms with van der Waals surface area (Å²) in [6.07, 6.45) is 2.13. The lowest BCUT2D eigenvalue weighted by atomic mass is 10.1. The smallest absolute Gasteiger partial charge is 0.127 e. The summed E-state index contributed by atoms with van der Waals surface area (Å²) < 4.78 is 11.0. The quantitative estimate of drug-likeness (QED) is 0.740. The van der Waals surface area contributed by atoms with E-state index in [-0.39, 0.29) is 6.10 Å². The predicted octanol–water partition coefficient (Wildman–Crippen LogP) is 1.07. The van der Waals surface area contributed by atoms with Gasteiger partial charge in [-0.05, 0) is 26.3 Å². The van der Waals surface area contributed by atoms with E-state index in [4.69, 9.17) is 14.7 Å². The molecule has 1 atom stereocenters. The number of hydrogen-bond donors (Lipinski definition) is 1. The molecule has 1 fully saturated rings. The van der Waals surface area contributed by atoms with E-state index in [1.54, 1.807) is 0 Å². The molecule has 1 heterocycles. The fourth-order valence-corrected chi connectivity index (χ4v) is 1.64. The maximum atomic E-state index is 9.03. The van der Waals surface area contributed by atoms with Crippen molar-refractivity contribution in [1.29, 1.82) is 5.26 Å². The minimum Gasteiger partial charge on any atom is -0.381 e. The van der Waals surface area contributed by atoms with Gasteiger partial charge in [0.1, 0.15) is 5.54 Å². The normalized spacial score (nSPS) is 21.9. The number of hydrogen-bond acceptors (Lipinski definition) is 4.